The average molecular weight is 100 g/mol. The largest absolute Gasteiger partial charge is 0.0845 e. The molecule has 0 bridgehead atoms. The molecule has 0 unspecified atom stereocenters. The van der Waals surface area contributed by atoms with E-state index in [-0.39, 0.29) is 0 Å². The van der Waals surface area contributed by atoms with E-state index in [2.05, 4.69) is 26.0 Å². The van der Waals surface area contributed by atoms with Crippen molar-refractivity contribution < 1.29 is 0 Å². The number of hydrogen-bond donors (Lipinski definition) is 0. The molecule has 0 saturated heterocycles. The van der Waals surface area contributed by atoms with Gasteiger partial charge in [0.2, 0.25) is 0 Å². The lowest BCUT2D eigenvalue weighted by Crippen LogP contribution is -1.50. The summed E-state index contributed by atoms with van der Waals surface area (Å²) in [6.45, 7) is 4.14. The van der Waals surface area contributed by atoms with E-state index in [0.29, 0.717) is 0 Å². The van der Waals surface area contributed by atoms with E-state index in [4.69, 9.17) is 0 Å². The van der Waals surface area contributed by atoms with Gasteiger partial charge in [-0.05, 0) is 19.7 Å². The molecule has 0 aromatic rings. The van der Waals surface area contributed by atoms with Gasteiger partial charge in [-0.15, -0.1) is 0 Å². The molecule has 0 aliphatic rings. The fourth-order valence-corrected chi connectivity index (χ4v) is 0.548. The van der Waals surface area contributed by atoms with E-state index < -0.39 is 0 Å². The Balaban J connectivity index is 3.41. The van der Waals surface area contributed by atoms with Crippen LogP contribution in [0.2, 0.25) is 0 Å². The quantitative estimate of drug-likeness (QED) is 0.443. The van der Waals surface area contributed by atoms with Gasteiger partial charge in [-0.25, -0.2) is 0 Å². The maximum absolute atomic E-state index is 3.62. The van der Waals surface area contributed by atoms with Crippen molar-refractivity contribution in [1.82, 2.24) is 0 Å². The summed E-state index contributed by atoms with van der Waals surface area (Å²) in [5, 5.41) is 0. The third kappa shape index (κ3) is 3.91. The molecule has 0 fully saturated rings. The van der Waals surface area contributed by atoms with Gasteiger partial charge in [-0.3, -0.25) is 0 Å². The summed E-state index contributed by atoms with van der Waals surface area (Å²) in [5.41, 5.74) is 1.34. The number of allylic oxidation sites excluding steroid dienone is 1. The second-order valence-corrected chi connectivity index (χ2v) is 2.01. The van der Waals surface area contributed by atoms with Gasteiger partial charge in [0.25, 0.3) is 0 Å². The first-order valence-electron chi connectivity index (χ1n) is 1.86. The fraction of sp³-hybridized carbons (Fsp3) is 0.400. The van der Waals surface area contributed by atoms with Crippen LogP contribution in [0, 0.1) is 0 Å². The molecule has 0 aromatic carbocycles. The van der Waals surface area contributed by atoms with Crippen molar-refractivity contribution in [1.29, 1.82) is 0 Å². The highest BCUT2D eigenvalue weighted by Crippen LogP contribution is 1.97. The first kappa shape index (κ1) is 5.91. The van der Waals surface area contributed by atoms with Crippen molar-refractivity contribution in [2.24, 2.45) is 0 Å². The fourth-order valence-electron chi connectivity index (χ4n) is 0.183. The lowest BCUT2D eigenvalue weighted by atomic mass is 10.4. The predicted octanol–water partition coefficient (Wildman–Crippen LogP) is 2.29. The average Bonchev–Trinajstić information content (AvgIpc) is 1.35. The SMILES string of the molecule is C=PC=C(C)C. The molecule has 0 nitrogen and oxygen atoms in total. The van der Waals surface area contributed by atoms with Gasteiger partial charge < -0.3 is 0 Å². The summed E-state index contributed by atoms with van der Waals surface area (Å²) >= 11 is 0. The first-order valence-corrected chi connectivity index (χ1v) is 3.01. The Kier molecular flexibility index (Phi) is 3.07. The molecule has 0 aliphatic carbocycles. The minimum Gasteiger partial charge on any atom is -0.0845 e. The van der Waals surface area contributed by atoms with E-state index in [9.17, 15) is 0 Å². The number of rotatable bonds is 1. The molecule has 0 radical (unpaired) electrons. The van der Waals surface area contributed by atoms with Crippen molar-refractivity contribution in [2.75, 3.05) is 0 Å². The van der Waals surface area contributed by atoms with Crippen molar-refractivity contribution in [2.45, 2.75) is 13.8 Å². The highest BCUT2D eigenvalue weighted by Gasteiger charge is 1.64. The molecule has 0 saturated carbocycles. The molecular formula is C5H9P. The Bertz CT molecular complexity index is 68.0. The summed E-state index contributed by atoms with van der Waals surface area (Å²) in [6.07, 6.45) is 3.62. The summed E-state index contributed by atoms with van der Waals surface area (Å²) < 4.78 is 0. The van der Waals surface area contributed by atoms with Gasteiger partial charge >= 0.3 is 0 Å². The molecule has 0 amide bonds. The first-order chi connectivity index (χ1) is 2.77. The minimum atomic E-state index is 1.11. The van der Waals surface area contributed by atoms with Gasteiger partial charge in [0.1, 0.15) is 0 Å². The van der Waals surface area contributed by atoms with Gasteiger partial charge in [0.05, 0.1) is 0 Å². The molecule has 0 N–H and O–H groups in total. The van der Waals surface area contributed by atoms with Crippen molar-refractivity contribution in [3.8, 4) is 0 Å². The third-order valence-corrected chi connectivity index (χ3v) is 1.05. The Hall–Kier alpha value is -0.0900. The normalized spacial score (nSPS) is 8.33. The van der Waals surface area contributed by atoms with Crippen LogP contribution >= 0.6 is 8.20 Å². The highest BCUT2D eigenvalue weighted by molar-refractivity contribution is 7.40. The smallest absolute Gasteiger partial charge is 0.0366 e. The van der Waals surface area contributed by atoms with Crippen LogP contribution in [-0.2, 0) is 0 Å². The van der Waals surface area contributed by atoms with Crippen LogP contribution in [0.5, 0.6) is 0 Å². The van der Waals surface area contributed by atoms with Crippen LogP contribution in [-0.4, -0.2) is 6.30 Å². The van der Waals surface area contributed by atoms with Gasteiger partial charge in [0.15, 0.2) is 0 Å². The Labute approximate surface area is 40.7 Å². The molecule has 6 heavy (non-hydrogen) atoms. The lowest BCUT2D eigenvalue weighted by Gasteiger charge is -1.75. The summed E-state index contributed by atoms with van der Waals surface area (Å²) in [7, 11) is 1.11. The van der Waals surface area contributed by atoms with Crippen LogP contribution in [0.3, 0.4) is 0 Å². The van der Waals surface area contributed by atoms with Crippen LogP contribution in [0.15, 0.2) is 11.4 Å². The third-order valence-electron chi connectivity index (χ3n) is 0.349. The van der Waals surface area contributed by atoms with E-state index in [0.717, 1.165) is 8.20 Å². The Morgan fingerprint density at radius 1 is 1.67 bits per heavy atom. The maximum atomic E-state index is 3.62. The predicted molar refractivity (Wildman–Crippen MR) is 33.5 cm³/mol. The number of hydrogen-bond acceptors (Lipinski definition) is 0. The van der Waals surface area contributed by atoms with Gasteiger partial charge in [-0.2, -0.15) is 0 Å². The molecule has 0 aliphatic heterocycles. The molecule has 0 rings (SSSR count). The minimum absolute atomic E-state index is 1.11. The Morgan fingerprint density at radius 2 is 2.17 bits per heavy atom. The van der Waals surface area contributed by atoms with Crippen LogP contribution in [0.25, 0.3) is 0 Å². The summed E-state index contributed by atoms with van der Waals surface area (Å²) in [5.74, 6) is 2.07. The van der Waals surface area contributed by atoms with Crippen LogP contribution in [0.4, 0.5) is 0 Å². The molecule has 0 heterocycles. The van der Waals surface area contributed by atoms with Crippen LogP contribution < -0.4 is 0 Å². The van der Waals surface area contributed by atoms with E-state index in [1.807, 2.05) is 0 Å². The molecule has 0 aromatic heterocycles. The van der Waals surface area contributed by atoms with Crippen molar-refractivity contribution in [3.63, 3.8) is 0 Å². The molecular weight excluding hydrogens is 91.0 g/mol. The zero-order valence-electron chi connectivity index (χ0n) is 4.23. The second kappa shape index (κ2) is 3.11. The molecule has 34 valence electrons. The molecule has 0 spiro atoms. The van der Waals surface area contributed by atoms with Gasteiger partial charge in [-0.1, -0.05) is 20.1 Å². The zero-order chi connectivity index (χ0) is 4.99. The zero-order valence-corrected chi connectivity index (χ0v) is 5.13. The maximum Gasteiger partial charge on any atom is -0.0366 e. The Morgan fingerprint density at radius 3 is 2.17 bits per heavy atom. The van der Waals surface area contributed by atoms with Crippen molar-refractivity contribution in [3.05, 3.63) is 11.4 Å². The van der Waals surface area contributed by atoms with E-state index >= 15 is 0 Å². The standard InChI is InChI=1S/C5H9P/c1-5(2)4-6-3/h4H,3H2,1-2H3. The highest BCUT2D eigenvalue weighted by atomic mass is 31.1. The van der Waals surface area contributed by atoms with Crippen molar-refractivity contribution >= 4 is 14.5 Å². The molecule has 1 heteroatoms. The summed E-state index contributed by atoms with van der Waals surface area (Å²) in [6, 6.07) is 0. The monoisotopic (exact) mass is 100 g/mol. The lowest BCUT2D eigenvalue weighted by molar-refractivity contribution is 1.42. The summed E-state index contributed by atoms with van der Waals surface area (Å²) in [4.78, 5) is 0. The second-order valence-electron chi connectivity index (χ2n) is 1.39. The topological polar surface area (TPSA) is 0 Å². The van der Waals surface area contributed by atoms with Crippen LogP contribution in [0.1, 0.15) is 13.8 Å². The van der Waals surface area contributed by atoms with Gasteiger partial charge in [0, 0.05) is 0 Å². The van der Waals surface area contributed by atoms with E-state index in [1.165, 1.54) is 5.57 Å². The molecule has 0 atom stereocenters. The van der Waals surface area contributed by atoms with E-state index in [1.54, 1.807) is 0 Å².